The van der Waals surface area contributed by atoms with Crippen molar-refractivity contribution in [3.63, 3.8) is 0 Å². The SMILES string of the molecule is CC(C)(C)OC(=O)N[C@@H](CC1CC1)c1ccccc1. The molecule has 0 bridgehead atoms. The largest absolute Gasteiger partial charge is 0.444 e. The summed E-state index contributed by atoms with van der Waals surface area (Å²) in [4.78, 5) is 11.9. The van der Waals surface area contributed by atoms with Crippen LogP contribution in [-0.4, -0.2) is 11.7 Å². The van der Waals surface area contributed by atoms with Crippen LogP contribution in [0.25, 0.3) is 0 Å². The number of hydrogen-bond donors (Lipinski definition) is 1. The van der Waals surface area contributed by atoms with E-state index in [1.54, 1.807) is 0 Å². The quantitative estimate of drug-likeness (QED) is 0.887. The monoisotopic (exact) mass is 261 g/mol. The lowest BCUT2D eigenvalue weighted by Crippen LogP contribution is -2.35. The van der Waals surface area contributed by atoms with E-state index in [1.807, 2.05) is 39.0 Å². The Bertz CT molecular complexity index is 418. The first kappa shape index (κ1) is 13.9. The molecule has 1 saturated carbocycles. The zero-order chi connectivity index (χ0) is 13.9. The lowest BCUT2D eigenvalue weighted by molar-refractivity contribution is 0.0499. The molecule has 1 aliphatic rings. The molecule has 1 aliphatic carbocycles. The average Bonchev–Trinajstić information content (AvgIpc) is 3.11. The predicted octanol–water partition coefficient (Wildman–Crippen LogP) is 4.05. The molecule has 104 valence electrons. The van der Waals surface area contributed by atoms with Gasteiger partial charge in [-0.05, 0) is 38.7 Å². The molecule has 1 atom stereocenters. The Morgan fingerprint density at radius 1 is 1.32 bits per heavy atom. The number of ether oxygens (including phenoxy) is 1. The lowest BCUT2D eigenvalue weighted by Gasteiger charge is -2.24. The highest BCUT2D eigenvalue weighted by atomic mass is 16.6. The van der Waals surface area contributed by atoms with Crippen molar-refractivity contribution < 1.29 is 9.53 Å². The summed E-state index contributed by atoms with van der Waals surface area (Å²) < 4.78 is 5.34. The van der Waals surface area contributed by atoms with Gasteiger partial charge >= 0.3 is 6.09 Å². The van der Waals surface area contributed by atoms with Gasteiger partial charge in [-0.2, -0.15) is 0 Å². The number of benzene rings is 1. The molecule has 0 aliphatic heterocycles. The van der Waals surface area contributed by atoms with Crippen LogP contribution in [0.3, 0.4) is 0 Å². The van der Waals surface area contributed by atoms with Crippen molar-refractivity contribution in [3.8, 4) is 0 Å². The highest BCUT2D eigenvalue weighted by Gasteiger charge is 2.28. The van der Waals surface area contributed by atoms with Crippen LogP contribution in [0.1, 0.15) is 51.6 Å². The van der Waals surface area contributed by atoms with Crippen molar-refractivity contribution in [1.29, 1.82) is 0 Å². The predicted molar refractivity (Wildman–Crippen MR) is 75.9 cm³/mol. The molecular weight excluding hydrogens is 238 g/mol. The van der Waals surface area contributed by atoms with Gasteiger partial charge in [0.2, 0.25) is 0 Å². The zero-order valence-corrected chi connectivity index (χ0v) is 12.0. The second-order valence-electron chi connectivity index (χ2n) is 6.29. The molecule has 0 unspecified atom stereocenters. The van der Waals surface area contributed by atoms with Gasteiger partial charge < -0.3 is 10.1 Å². The first-order valence-electron chi connectivity index (χ1n) is 6.98. The molecule has 1 fully saturated rings. The maximum absolute atomic E-state index is 11.9. The van der Waals surface area contributed by atoms with E-state index in [-0.39, 0.29) is 12.1 Å². The van der Waals surface area contributed by atoms with Crippen LogP contribution >= 0.6 is 0 Å². The van der Waals surface area contributed by atoms with E-state index in [2.05, 4.69) is 17.4 Å². The van der Waals surface area contributed by atoms with E-state index in [0.29, 0.717) is 0 Å². The van der Waals surface area contributed by atoms with E-state index in [9.17, 15) is 4.79 Å². The third kappa shape index (κ3) is 4.93. The summed E-state index contributed by atoms with van der Waals surface area (Å²) in [5.74, 6) is 0.750. The van der Waals surface area contributed by atoms with E-state index in [4.69, 9.17) is 4.74 Å². The van der Waals surface area contributed by atoms with E-state index >= 15 is 0 Å². The van der Waals surface area contributed by atoms with Gasteiger partial charge in [0.15, 0.2) is 0 Å². The van der Waals surface area contributed by atoms with Gasteiger partial charge in [0.1, 0.15) is 5.60 Å². The van der Waals surface area contributed by atoms with Crippen molar-refractivity contribution in [2.24, 2.45) is 5.92 Å². The Balaban J connectivity index is 1.99. The van der Waals surface area contributed by atoms with Gasteiger partial charge in [0.05, 0.1) is 6.04 Å². The van der Waals surface area contributed by atoms with E-state index in [0.717, 1.165) is 17.9 Å². The lowest BCUT2D eigenvalue weighted by atomic mass is 10.0. The van der Waals surface area contributed by atoms with Crippen LogP contribution in [-0.2, 0) is 4.74 Å². The molecule has 3 heteroatoms. The van der Waals surface area contributed by atoms with Gasteiger partial charge in [0, 0.05) is 0 Å². The summed E-state index contributed by atoms with van der Waals surface area (Å²) in [6.45, 7) is 5.64. The molecule has 19 heavy (non-hydrogen) atoms. The highest BCUT2D eigenvalue weighted by molar-refractivity contribution is 5.68. The van der Waals surface area contributed by atoms with Crippen LogP contribution in [0.2, 0.25) is 0 Å². The molecule has 3 nitrogen and oxygen atoms in total. The van der Waals surface area contributed by atoms with Crippen LogP contribution in [0.15, 0.2) is 30.3 Å². The molecule has 0 aromatic heterocycles. The van der Waals surface area contributed by atoms with Crippen LogP contribution < -0.4 is 5.32 Å². The molecular formula is C16H23NO2. The minimum absolute atomic E-state index is 0.0588. The smallest absolute Gasteiger partial charge is 0.408 e. The molecule has 0 saturated heterocycles. The number of hydrogen-bond acceptors (Lipinski definition) is 2. The van der Waals surface area contributed by atoms with Gasteiger partial charge in [-0.1, -0.05) is 43.2 Å². The normalized spacial score (nSPS) is 16.8. The second-order valence-corrected chi connectivity index (χ2v) is 6.29. The molecule has 1 N–H and O–H groups in total. The Morgan fingerprint density at radius 2 is 1.95 bits per heavy atom. The molecule has 0 heterocycles. The van der Waals surface area contributed by atoms with Gasteiger partial charge in [-0.25, -0.2) is 4.79 Å². The van der Waals surface area contributed by atoms with Crippen molar-refractivity contribution in [2.45, 2.75) is 51.7 Å². The average molecular weight is 261 g/mol. The number of carbonyl (C=O) groups is 1. The molecule has 1 aromatic rings. The molecule has 1 amide bonds. The number of alkyl carbamates (subject to hydrolysis) is 1. The van der Waals surface area contributed by atoms with Crippen molar-refractivity contribution in [3.05, 3.63) is 35.9 Å². The second kappa shape index (κ2) is 5.64. The van der Waals surface area contributed by atoms with E-state index < -0.39 is 5.60 Å². The number of amides is 1. The zero-order valence-electron chi connectivity index (χ0n) is 12.0. The van der Waals surface area contributed by atoms with E-state index in [1.165, 1.54) is 12.8 Å². The van der Waals surface area contributed by atoms with Crippen LogP contribution in [0.5, 0.6) is 0 Å². The van der Waals surface area contributed by atoms with Crippen molar-refractivity contribution >= 4 is 6.09 Å². The minimum atomic E-state index is -0.453. The first-order chi connectivity index (χ1) is 8.94. The van der Waals surface area contributed by atoms with Gasteiger partial charge in [-0.3, -0.25) is 0 Å². The summed E-state index contributed by atoms with van der Waals surface area (Å²) in [6, 6.07) is 10.2. The van der Waals surface area contributed by atoms with Crippen LogP contribution in [0.4, 0.5) is 4.79 Å². The summed E-state index contributed by atoms with van der Waals surface area (Å²) in [5, 5.41) is 3.00. The Kier molecular flexibility index (Phi) is 4.13. The number of carbonyl (C=O) groups excluding carboxylic acids is 1. The summed E-state index contributed by atoms with van der Waals surface area (Å²) >= 11 is 0. The van der Waals surface area contributed by atoms with Crippen molar-refractivity contribution in [2.75, 3.05) is 0 Å². The molecule has 1 aromatic carbocycles. The third-order valence-corrected chi connectivity index (χ3v) is 3.16. The molecule has 2 rings (SSSR count). The van der Waals surface area contributed by atoms with Gasteiger partial charge in [0.25, 0.3) is 0 Å². The summed E-state index contributed by atoms with van der Waals surface area (Å²) in [5.41, 5.74) is 0.700. The fraction of sp³-hybridized carbons (Fsp3) is 0.562. The van der Waals surface area contributed by atoms with Crippen molar-refractivity contribution in [1.82, 2.24) is 5.32 Å². The molecule has 0 spiro atoms. The minimum Gasteiger partial charge on any atom is -0.444 e. The Morgan fingerprint density at radius 3 is 2.47 bits per heavy atom. The number of rotatable bonds is 4. The highest BCUT2D eigenvalue weighted by Crippen LogP contribution is 2.37. The fourth-order valence-electron chi connectivity index (χ4n) is 2.10. The van der Waals surface area contributed by atoms with Crippen LogP contribution in [0, 0.1) is 5.92 Å². The fourth-order valence-corrected chi connectivity index (χ4v) is 2.10. The maximum atomic E-state index is 11.9. The maximum Gasteiger partial charge on any atom is 0.408 e. The number of nitrogens with one attached hydrogen (secondary N) is 1. The standard InChI is InChI=1S/C16H23NO2/c1-16(2,3)19-15(18)17-14(11-12-9-10-12)13-7-5-4-6-8-13/h4-8,12,14H,9-11H2,1-3H3,(H,17,18)/t14-/m0/s1. The van der Waals surface area contributed by atoms with Gasteiger partial charge in [-0.15, -0.1) is 0 Å². The Hall–Kier alpha value is -1.51. The summed E-state index contributed by atoms with van der Waals surface area (Å²) in [7, 11) is 0. The summed E-state index contributed by atoms with van der Waals surface area (Å²) in [6.07, 6.45) is 3.23. The topological polar surface area (TPSA) is 38.3 Å². The third-order valence-electron chi connectivity index (χ3n) is 3.16. The molecule has 0 radical (unpaired) electrons. The first-order valence-corrected chi connectivity index (χ1v) is 6.98. The Labute approximate surface area is 115 Å².